The monoisotopic (exact) mass is 276 g/mol. The van der Waals surface area contributed by atoms with Gasteiger partial charge in [-0.1, -0.05) is 11.6 Å². The van der Waals surface area contributed by atoms with E-state index in [2.05, 4.69) is 0 Å². The molecule has 3 fully saturated rings. The van der Waals surface area contributed by atoms with Crippen LogP contribution in [-0.4, -0.2) is 30.3 Å². The normalized spacial score (nSPS) is 41.8. The van der Waals surface area contributed by atoms with Gasteiger partial charge in [0.05, 0.1) is 11.8 Å². The molecule has 0 aromatic carbocycles. The second-order valence-corrected chi connectivity index (χ2v) is 5.87. The van der Waals surface area contributed by atoms with Crippen LogP contribution in [0.1, 0.15) is 12.8 Å². The van der Waals surface area contributed by atoms with Crippen molar-refractivity contribution in [3.8, 4) is 0 Å². The van der Waals surface area contributed by atoms with E-state index in [1.165, 1.54) is 0 Å². The van der Waals surface area contributed by atoms with Gasteiger partial charge in [-0.2, -0.15) is 0 Å². The van der Waals surface area contributed by atoms with E-state index in [1.807, 2.05) is 6.08 Å². The predicted molar refractivity (Wildman–Crippen MR) is 61.8 cm³/mol. The fourth-order valence-electron chi connectivity index (χ4n) is 4.05. The summed E-state index contributed by atoms with van der Waals surface area (Å²) in [4.78, 5) is 46.5. The van der Waals surface area contributed by atoms with Crippen LogP contribution in [0, 0.1) is 29.6 Å². The topological polar surface area (TPSA) is 86.7 Å². The van der Waals surface area contributed by atoms with Crippen molar-refractivity contribution in [1.82, 2.24) is 0 Å². The third-order valence-electron chi connectivity index (χ3n) is 4.93. The second-order valence-electron chi connectivity index (χ2n) is 5.87. The van der Waals surface area contributed by atoms with Crippen molar-refractivity contribution >= 4 is 23.7 Å². The first kappa shape index (κ1) is 11.8. The number of rotatable bonds is 2. The maximum absolute atomic E-state index is 11.7. The molecule has 5 unspecified atom stereocenters. The fraction of sp³-hybridized carbons (Fsp3) is 0.571. The number of hydrogen-bond acceptors (Lipinski definition) is 6. The van der Waals surface area contributed by atoms with Crippen molar-refractivity contribution in [3.05, 3.63) is 11.6 Å². The number of ketones is 1. The van der Waals surface area contributed by atoms with Crippen LogP contribution in [0.2, 0.25) is 0 Å². The molecule has 6 heteroatoms. The number of ether oxygens (including phenoxy) is 2. The van der Waals surface area contributed by atoms with Crippen LogP contribution in [0.5, 0.6) is 0 Å². The molecule has 0 spiro atoms. The van der Waals surface area contributed by atoms with Crippen LogP contribution in [0.15, 0.2) is 11.6 Å². The molecule has 20 heavy (non-hydrogen) atoms. The van der Waals surface area contributed by atoms with Gasteiger partial charge in [-0.05, 0) is 24.7 Å². The molecule has 2 heterocycles. The summed E-state index contributed by atoms with van der Waals surface area (Å²) in [6.45, 7) is -0.155. The van der Waals surface area contributed by atoms with Crippen LogP contribution in [0.25, 0.3) is 0 Å². The van der Waals surface area contributed by atoms with Crippen LogP contribution in [0.3, 0.4) is 0 Å². The van der Waals surface area contributed by atoms with Crippen LogP contribution in [0.4, 0.5) is 0 Å². The Hall–Kier alpha value is -1.98. The molecular weight excluding hydrogens is 264 g/mol. The van der Waals surface area contributed by atoms with E-state index in [0.29, 0.717) is 6.42 Å². The lowest BCUT2D eigenvalue weighted by Gasteiger charge is -2.21. The van der Waals surface area contributed by atoms with Gasteiger partial charge in [-0.3, -0.25) is 19.2 Å². The maximum atomic E-state index is 11.7. The Bertz CT molecular complexity index is 572. The third kappa shape index (κ3) is 1.39. The van der Waals surface area contributed by atoms with E-state index < -0.39 is 29.7 Å². The van der Waals surface area contributed by atoms with Gasteiger partial charge in [-0.25, -0.2) is 0 Å². The van der Waals surface area contributed by atoms with Gasteiger partial charge >= 0.3 is 17.9 Å². The lowest BCUT2D eigenvalue weighted by atomic mass is 9.78. The zero-order chi connectivity index (χ0) is 14.0. The molecule has 104 valence electrons. The van der Waals surface area contributed by atoms with Crippen molar-refractivity contribution in [1.29, 1.82) is 0 Å². The summed E-state index contributed by atoms with van der Waals surface area (Å²) in [6, 6.07) is 0. The van der Waals surface area contributed by atoms with Gasteiger partial charge in [-0.15, -0.1) is 0 Å². The Morgan fingerprint density at radius 2 is 1.80 bits per heavy atom. The molecule has 0 aromatic rings. The van der Waals surface area contributed by atoms with Crippen LogP contribution >= 0.6 is 0 Å². The summed E-state index contributed by atoms with van der Waals surface area (Å²) >= 11 is 0. The molecule has 0 amide bonds. The van der Waals surface area contributed by atoms with E-state index in [9.17, 15) is 19.2 Å². The third-order valence-corrected chi connectivity index (χ3v) is 4.93. The van der Waals surface area contributed by atoms with Crippen molar-refractivity contribution < 1.29 is 28.7 Å². The van der Waals surface area contributed by atoms with E-state index in [4.69, 9.17) is 9.47 Å². The molecule has 0 aromatic heterocycles. The average molecular weight is 276 g/mol. The Labute approximate surface area is 114 Å². The summed E-state index contributed by atoms with van der Waals surface area (Å²) in [5.74, 6) is -3.16. The van der Waals surface area contributed by atoms with E-state index in [-0.39, 0.29) is 30.1 Å². The first-order chi connectivity index (χ1) is 9.56. The van der Waals surface area contributed by atoms with Gasteiger partial charge in [0.2, 0.25) is 0 Å². The number of hydrogen-bond donors (Lipinski definition) is 0. The second kappa shape index (κ2) is 3.77. The van der Waals surface area contributed by atoms with Crippen molar-refractivity contribution in [2.24, 2.45) is 29.6 Å². The highest BCUT2D eigenvalue weighted by molar-refractivity contribution is 6.05. The summed E-state index contributed by atoms with van der Waals surface area (Å²) in [7, 11) is 0. The predicted octanol–water partition coefficient (Wildman–Crippen LogP) is 0.0105. The van der Waals surface area contributed by atoms with Crippen molar-refractivity contribution in [2.45, 2.75) is 12.8 Å². The SMILES string of the molecule is O=C1COC(=O)C1CC1=CC2CC1C1C(=O)OC(=O)C21. The Morgan fingerprint density at radius 3 is 2.50 bits per heavy atom. The molecule has 5 atom stereocenters. The van der Waals surface area contributed by atoms with Gasteiger partial charge in [0.25, 0.3) is 0 Å². The Kier molecular flexibility index (Phi) is 2.23. The standard InChI is InChI=1S/C14H12O6/c15-9-4-19-12(16)8(9)2-5-1-6-3-7(5)11-10(6)13(17)20-14(11)18/h1,6-8,10-11H,2-4H2. The van der Waals surface area contributed by atoms with Gasteiger partial charge in [0.1, 0.15) is 5.92 Å². The minimum atomic E-state index is -0.743. The van der Waals surface area contributed by atoms with E-state index in [0.717, 1.165) is 12.0 Å². The van der Waals surface area contributed by atoms with E-state index >= 15 is 0 Å². The number of Topliss-reactive ketones (excluding diaryl/α,β-unsaturated/α-hetero) is 1. The largest absolute Gasteiger partial charge is 0.457 e. The van der Waals surface area contributed by atoms with Crippen molar-refractivity contribution in [3.63, 3.8) is 0 Å². The first-order valence-corrected chi connectivity index (χ1v) is 6.71. The average Bonchev–Trinajstić information content (AvgIpc) is 3.10. The lowest BCUT2D eigenvalue weighted by Crippen LogP contribution is -2.26. The van der Waals surface area contributed by atoms with Crippen LogP contribution in [-0.2, 0) is 28.7 Å². The van der Waals surface area contributed by atoms with Gasteiger partial charge < -0.3 is 9.47 Å². The zero-order valence-corrected chi connectivity index (χ0v) is 10.5. The highest BCUT2D eigenvalue weighted by Gasteiger charge is 2.60. The smallest absolute Gasteiger partial charge is 0.318 e. The first-order valence-electron chi connectivity index (χ1n) is 6.71. The highest BCUT2D eigenvalue weighted by Crippen LogP contribution is 2.56. The Morgan fingerprint density at radius 1 is 1.05 bits per heavy atom. The molecule has 0 radical (unpaired) electrons. The number of fused-ring (bicyclic) bond motifs is 5. The minimum absolute atomic E-state index is 0.00600. The zero-order valence-electron chi connectivity index (χ0n) is 10.5. The van der Waals surface area contributed by atoms with Crippen LogP contribution < -0.4 is 0 Å². The quantitative estimate of drug-likeness (QED) is 0.401. The number of cyclic esters (lactones) is 3. The van der Waals surface area contributed by atoms with Gasteiger partial charge in [0.15, 0.2) is 12.4 Å². The molecule has 2 bridgehead atoms. The number of esters is 3. The molecule has 2 aliphatic carbocycles. The molecule has 1 saturated carbocycles. The summed E-state index contributed by atoms with van der Waals surface area (Å²) in [5.41, 5.74) is 0.931. The molecule has 0 N–H and O–H groups in total. The molecule has 2 saturated heterocycles. The lowest BCUT2D eigenvalue weighted by molar-refractivity contribution is -0.154. The maximum Gasteiger partial charge on any atom is 0.318 e. The van der Waals surface area contributed by atoms with Crippen molar-refractivity contribution in [2.75, 3.05) is 6.61 Å². The number of carbonyl (C=O) groups is 4. The summed E-state index contributed by atoms with van der Waals surface area (Å²) in [6.07, 6.45) is 3.00. The molecular formula is C14H12O6. The highest BCUT2D eigenvalue weighted by atomic mass is 16.6. The molecule has 4 aliphatic rings. The molecule has 2 aliphatic heterocycles. The van der Waals surface area contributed by atoms with Gasteiger partial charge in [0, 0.05) is 0 Å². The number of carbonyl (C=O) groups excluding carboxylic acids is 4. The Balaban J connectivity index is 1.59. The summed E-state index contributed by atoms with van der Waals surface area (Å²) in [5, 5.41) is 0. The fourth-order valence-corrected chi connectivity index (χ4v) is 4.05. The molecule has 6 nitrogen and oxygen atoms in total. The molecule has 4 rings (SSSR count). The minimum Gasteiger partial charge on any atom is -0.457 e. The number of allylic oxidation sites excluding steroid dienone is 2. The van der Waals surface area contributed by atoms with E-state index in [1.54, 1.807) is 0 Å². The summed E-state index contributed by atoms with van der Waals surface area (Å²) < 4.78 is 9.43.